The van der Waals surface area contributed by atoms with E-state index in [-0.39, 0.29) is 11.8 Å². The van der Waals surface area contributed by atoms with Gasteiger partial charge < -0.3 is 24.6 Å². The average molecular weight is 422 g/mol. The van der Waals surface area contributed by atoms with Crippen LogP contribution in [0.3, 0.4) is 0 Å². The van der Waals surface area contributed by atoms with E-state index in [1.807, 2.05) is 12.1 Å². The van der Waals surface area contributed by atoms with Gasteiger partial charge in [0, 0.05) is 43.7 Å². The third kappa shape index (κ3) is 5.42. The van der Waals surface area contributed by atoms with Crippen molar-refractivity contribution < 1.29 is 19.1 Å². The Hall–Kier alpha value is -2.25. The summed E-state index contributed by atoms with van der Waals surface area (Å²) in [4.78, 5) is 29.0. The zero-order valence-corrected chi connectivity index (χ0v) is 17.5. The molecule has 2 aliphatic heterocycles. The van der Waals surface area contributed by atoms with Crippen LogP contribution in [0, 0.1) is 0 Å². The largest absolute Gasteiger partial charge is 0.494 e. The van der Waals surface area contributed by atoms with Crippen LogP contribution in [0.2, 0.25) is 0 Å². The molecule has 7 nitrogen and oxygen atoms in total. The summed E-state index contributed by atoms with van der Waals surface area (Å²) < 4.78 is 10.9. The standard InChI is InChI=1S/C21H28ClN3O4/c1-28-19-15-16(23-20(26)6-2-3-9-22)7-8-17(19)25-10-4-5-18(21(25)27)24-11-13-29-14-12-24/h5,7-8,15H,2-4,6,9-14H2,1H3,(H,23,26). The summed E-state index contributed by atoms with van der Waals surface area (Å²) in [6.45, 7) is 3.29. The summed E-state index contributed by atoms with van der Waals surface area (Å²) in [6, 6.07) is 5.39. The van der Waals surface area contributed by atoms with Crippen molar-refractivity contribution in [3.8, 4) is 5.75 Å². The quantitative estimate of drug-likeness (QED) is 0.516. The molecule has 0 saturated carbocycles. The zero-order chi connectivity index (χ0) is 20.6. The van der Waals surface area contributed by atoms with Gasteiger partial charge in [-0.1, -0.05) is 6.08 Å². The first kappa shape index (κ1) is 21.5. The second kappa shape index (κ2) is 10.5. The summed E-state index contributed by atoms with van der Waals surface area (Å²) in [5, 5.41) is 2.88. The Labute approximate surface area is 176 Å². The molecule has 2 heterocycles. The van der Waals surface area contributed by atoms with Gasteiger partial charge in [0.1, 0.15) is 5.75 Å². The van der Waals surface area contributed by atoms with Crippen molar-refractivity contribution in [1.82, 2.24) is 4.90 Å². The lowest BCUT2D eigenvalue weighted by Gasteiger charge is -2.36. The van der Waals surface area contributed by atoms with Gasteiger partial charge in [-0.25, -0.2) is 0 Å². The van der Waals surface area contributed by atoms with Crippen LogP contribution in [0.1, 0.15) is 25.7 Å². The molecule has 0 unspecified atom stereocenters. The molecular weight excluding hydrogens is 394 g/mol. The normalized spacial score (nSPS) is 17.2. The van der Waals surface area contributed by atoms with Crippen LogP contribution in [0.4, 0.5) is 11.4 Å². The molecule has 1 saturated heterocycles. The third-order valence-electron chi connectivity index (χ3n) is 5.05. The average Bonchev–Trinajstić information content (AvgIpc) is 2.75. The number of methoxy groups -OCH3 is 1. The number of nitrogens with zero attached hydrogens (tertiary/aromatic N) is 2. The van der Waals surface area contributed by atoms with Crippen LogP contribution in [0.15, 0.2) is 30.0 Å². The summed E-state index contributed by atoms with van der Waals surface area (Å²) in [7, 11) is 1.57. The number of ether oxygens (including phenoxy) is 2. The predicted octanol–water partition coefficient (Wildman–Crippen LogP) is 3.00. The number of benzene rings is 1. The fourth-order valence-electron chi connectivity index (χ4n) is 3.54. The first-order chi connectivity index (χ1) is 14.1. The van der Waals surface area contributed by atoms with E-state index in [4.69, 9.17) is 21.1 Å². The highest BCUT2D eigenvalue weighted by atomic mass is 35.5. The molecule has 0 spiro atoms. The van der Waals surface area contributed by atoms with E-state index in [2.05, 4.69) is 10.2 Å². The lowest BCUT2D eigenvalue weighted by Crippen LogP contribution is -2.45. The lowest BCUT2D eigenvalue weighted by molar-refractivity contribution is -0.118. The Kier molecular flexibility index (Phi) is 7.77. The van der Waals surface area contributed by atoms with E-state index in [0.29, 0.717) is 49.2 Å². The summed E-state index contributed by atoms with van der Waals surface area (Å²) in [5.41, 5.74) is 2.07. The van der Waals surface area contributed by atoms with Crippen LogP contribution < -0.4 is 15.0 Å². The highest BCUT2D eigenvalue weighted by molar-refractivity contribution is 6.17. The number of alkyl halides is 1. The van der Waals surface area contributed by atoms with Gasteiger partial charge in [-0.3, -0.25) is 9.59 Å². The van der Waals surface area contributed by atoms with Gasteiger partial charge in [-0.05, 0) is 31.4 Å². The van der Waals surface area contributed by atoms with Crippen molar-refractivity contribution in [2.24, 2.45) is 0 Å². The first-order valence-corrected chi connectivity index (χ1v) is 10.6. The molecule has 1 aromatic carbocycles. The number of nitrogens with one attached hydrogen (secondary N) is 1. The number of carbonyl (C=O) groups is 2. The van der Waals surface area contributed by atoms with Crippen LogP contribution in [-0.4, -0.2) is 62.6 Å². The van der Waals surface area contributed by atoms with Crippen LogP contribution >= 0.6 is 11.6 Å². The molecule has 0 aliphatic carbocycles. The molecule has 1 aromatic rings. The number of hydrogen-bond donors (Lipinski definition) is 1. The minimum Gasteiger partial charge on any atom is -0.494 e. The van der Waals surface area contributed by atoms with Crippen LogP contribution in [-0.2, 0) is 14.3 Å². The fourth-order valence-corrected chi connectivity index (χ4v) is 3.73. The molecule has 0 aromatic heterocycles. The minimum absolute atomic E-state index is 0.0330. The highest BCUT2D eigenvalue weighted by Crippen LogP contribution is 2.34. The molecular formula is C21H28ClN3O4. The molecule has 0 radical (unpaired) electrons. The third-order valence-corrected chi connectivity index (χ3v) is 5.32. The van der Waals surface area contributed by atoms with Crippen molar-refractivity contribution >= 4 is 34.8 Å². The van der Waals surface area contributed by atoms with Gasteiger partial charge in [-0.2, -0.15) is 0 Å². The first-order valence-electron chi connectivity index (χ1n) is 10.0. The molecule has 0 atom stereocenters. The number of carbonyl (C=O) groups excluding carboxylic acids is 2. The lowest BCUT2D eigenvalue weighted by atomic mass is 10.1. The second-order valence-corrected chi connectivity index (χ2v) is 7.39. The van der Waals surface area contributed by atoms with Crippen molar-refractivity contribution in [2.45, 2.75) is 25.7 Å². The van der Waals surface area contributed by atoms with Gasteiger partial charge >= 0.3 is 0 Å². The molecule has 1 fully saturated rings. The van der Waals surface area contributed by atoms with Gasteiger partial charge in [0.05, 0.1) is 31.7 Å². The molecule has 2 amide bonds. The highest BCUT2D eigenvalue weighted by Gasteiger charge is 2.29. The monoisotopic (exact) mass is 421 g/mol. The molecule has 3 rings (SSSR count). The SMILES string of the molecule is COc1cc(NC(=O)CCCCCl)ccc1N1CCC=C(N2CCOCC2)C1=O. The maximum atomic E-state index is 13.1. The topological polar surface area (TPSA) is 71.1 Å². The van der Waals surface area contributed by atoms with Gasteiger partial charge in [-0.15, -0.1) is 11.6 Å². The Bertz CT molecular complexity index is 762. The Morgan fingerprint density at radius 1 is 1.24 bits per heavy atom. The Balaban J connectivity index is 1.72. The Morgan fingerprint density at radius 2 is 2.03 bits per heavy atom. The summed E-state index contributed by atoms with van der Waals surface area (Å²) in [6.07, 6.45) is 4.78. The molecule has 1 N–H and O–H groups in total. The number of hydrogen-bond acceptors (Lipinski definition) is 5. The van der Waals surface area contributed by atoms with E-state index >= 15 is 0 Å². The second-order valence-electron chi connectivity index (χ2n) is 7.02. The maximum absolute atomic E-state index is 13.1. The van der Waals surface area contributed by atoms with Gasteiger partial charge in [0.15, 0.2) is 0 Å². The molecule has 8 heteroatoms. The van der Waals surface area contributed by atoms with Crippen molar-refractivity contribution in [2.75, 3.05) is 56.1 Å². The molecule has 158 valence electrons. The zero-order valence-electron chi connectivity index (χ0n) is 16.8. The van der Waals surface area contributed by atoms with Crippen molar-refractivity contribution in [3.63, 3.8) is 0 Å². The number of morpholine rings is 1. The number of amides is 2. The van der Waals surface area contributed by atoms with Crippen molar-refractivity contribution in [3.05, 3.63) is 30.0 Å². The predicted molar refractivity (Wildman–Crippen MR) is 114 cm³/mol. The minimum atomic E-state index is -0.0588. The smallest absolute Gasteiger partial charge is 0.274 e. The van der Waals surface area contributed by atoms with E-state index in [9.17, 15) is 9.59 Å². The molecule has 0 bridgehead atoms. The number of anilines is 2. The number of rotatable bonds is 8. The Morgan fingerprint density at radius 3 is 2.76 bits per heavy atom. The molecule has 29 heavy (non-hydrogen) atoms. The van der Waals surface area contributed by atoms with E-state index < -0.39 is 0 Å². The van der Waals surface area contributed by atoms with Gasteiger partial charge in [0.25, 0.3) is 5.91 Å². The van der Waals surface area contributed by atoms with Crippen LogP contribution in [0.5, 0.6) is 5.75 Å². The number of halogens is 1. The van der Waals surface area contributed by atoms with E-state index in [1.165, 1.54) is 0 Å². The van der Waals surface area contributed by atoms with Crippen LogP contribution in [0.25, 0.3) is 0 Å². The van der Waals surface area contributed by atoms with E-state index in [0.717, 1.165) is 38.0 Å². The van der Waals surface area contributed by atoms with Gasteiger partial charge in [0.2, 0.25) is 5.91 Å². The number of unbranched alkanes of at least 4 members (excludes halogenated alkanes) is 1. The maximum Gasteiger partial charge on any atom is 0.274 e. The molecule has 2 aliphatic rings. The van der Waals surface area contributed by atoms with E-state index in [1.54, 1.807) is 24.1 Å². The summed E-state index contributed by atoms with van der Waals surface area (Å²) in [5.74, 6) is 1.02. The summed E-state index contributed by atoms with van der Waals surface area (Å²) >= 11 is 5.65. The fraction of sp³-hybridized carbons (Fsp3) is 0.524. The van der Waals surface area contributed by atoms with Crippen molar-refractivity contribution in [1.29, 1.82) is 0 Å².